The van der Waals surface area contributed by atoms with Crippen molar-refractivity contribution in [2.45, 2.75) is 13.8 Å². The zero-order valence-corrected chi connectivity index (χ0v) is 8.48. The molecule has 1 heterocycles. The minimum Gasteiger partial charge on any atom is -0.461 e. The van der Waals surface area contributed by atoms with E-state index < -0.39 is 0 Å². The van der Waals surface area contributed by atoms with Gasteiger partial charge in [0.15, 0.2) is 5.69 Å². The van der Waals surface area contributed by atoms with Crippen molar-refractivity contribution < 1.29 is 9.53 Å². The zero-order chi connectivity index (χ0) is 9.84. The van der Waals surface area contributed by atoms with Gasteiger partial charge in [-0.2, -0.15) is 0 Å². The Hall–Kier alpha value is -1.16. The van der Waals surface area contributed by atoms with Crippen LogP contribution in [0.25, 0.3) is 6.08 Å². The van der Waals surface area contributed by atoms with E-state index >= 15 is 0 Å². The molecule has 0 aliphatic heterocycles. The van der Waals surface area contributed by atoms with Gasteiger partial charge in [0.1, 0.15) is 5.01 Å². The summed E-state index contributed by atoms with van der Waals surface area (Å²) in [7, 11) is 0. The van der Waals surface area contributed by atoms with Crippen molar-refractivity contribution in [3.63, 3.8) is 0 Å². The molecule has 0 aliphatic carbocycles. The van der Waals surface area contributed by atoms with Crippen molar-refractivity contribution in [3.8, 4) is 0 Å². The number of carbonyl (C=O) groups excluding carboxylic acids is 1. The molecule has 1 aromatic rings. The van der Waals surface area contributed by atoms with Crippen molar-refractivity contribution in [2.24, 2.45) is 0 Å². The van der Waals surface area contributed by atoms with Crippen molar-refractivity contribution >= 4 is 23.4 Å². The molecule has 0 radical (unpaired) electrons. The molecule has 3 nitrogen and oxygen atoms in total. The third-order valence-corrected chi connectivity index (χ3v) is 2.42. The Labute approximate surface area is 81.1 Å². The molecule has 0 spiro atoms. The second-order valence-corrected chi connectivity index (χ2v) is 3.62. The minimum atomic E-state index is -0.357. The summed E-state index contributed by atoms with van der Waals surface area (Å²) in [4.78, 5) is 16.2. The van der Waals surface area contributed by atoms with Gasteiger partial charge in [0, 0.05) is 4.88 Å². The Kier molecular flexibility index (Phi) is 3.19. The summed E-state index contributed by atoms with van der Waals surface area (Å²) in [6.45, 7) is 7.58. The number of nitrogens with zero attached hydrogens (tertiary/aromatic N) is 1. The number of hydrogen-bond acceptors (Lipinski definition) is 4. The average molecular weight is 197 g/mol. The van der Waals surface area contributed by atoms with Gasteiger partial charge in [0.2, 0.25) is 0 Å². The van der Waals surface area contributed by atoms with Crippen molar-refractivity contribution in [1.82, 2.24) is 4.98 Å². The van der Waals surface area contributed by atoms with E-state index in [1.54, 1.807) is 13.0 Å². The molecule has 0 unspecified atom stereocenters. The van der Waals surface area contributed by atoms with Gasteiger partial charge in [-0.25, -0.2) is 9.78 Å². The zero-order valence-electron chi connectivity index (χ0n) is 7.66. The summed E-state index contributed by atoms with van der Waals surface area (Å²) in [6.07, 6.45) is 1.63. The molecule has 0 bridgehead atoms. The van der Waals surface area contributed by atoms with Gasteiger partial charge in [0.25, 0.3) is 0 Å². The molecule has 4 heteroatoms. The molecule has 0 saturated heterocycles. The Morgan fingerprint density at radius 3 is 2.92 bits per heavy atom. The summed E-state index contributed by atoms with van der Waals surface area (Å²) in [5, 5.41) is 0.751. The van der Waals surface area contributed by atoms with E-state index in [1.807, 2.05) is 6.92 Å². The largest absolute Gasteiger partial charge is 0.461 e. The van der Waals surface area contributed by atoms with Gasteiger partial charge >= 0.3 is 5.97 Å². The van der Waals surface area contributed by atoms with Gasteiger partial charge in [-0.3, -0.25) is 0 Å². The van der Waals surface area contributed by atoms with Crippen LogP contribution < -0.4 is 0 Å². The number of thiazole rings is 1. The molecule has 0 saturated carbocycles. The maximum absolute atomic E-state index is 11.3. The van der Waals surface area contributed by atoms with Gasteiger partial charge in [-0.15, -0.1) is 11.3 Å². The summed E-state index contributed by atoms with van der Waals surface area (Å²) in [5.41, 5.74) is 0.404. The Morgan fingerprint density at radius 2 is 2.46 bits per heavy atom. The lowest BCUT2D eigenvalue weighted by atomic mass is 10.4. The average Bonchev–Trinajstić information content (AvgIpc) is 2.47. The molecule has 70 valence electrons. The highest BCUT2D eigenvalue weighted by atomic mass is 32.1. The van der Waals surface area contributed by atoms with Crippen LogP contribution in [0.1, 0.15) is 27.3 Å². The number of ether oxygens (including phenoxy) is 1. The molecule has 13 heavy (non-hydrogen) atoms. The summed E-state index contributed by atoms with van der Waals surface area (Å²) < 4.78 is 4.84. The van der Waals surface area contributed by atoms with Gasteiger partial charge < -0.3 is 4.74 Å². The standard InChI is InChI=1S/C9H11NO2S/c1-4-7-10-8(6(3)13-7)9(11)12-5-2/h4H,1,5H2,2-3H3. The molecule has 0 atom stereocenters. The Morgan fingerprint density at radius 1 is 1.77 bits per heavy atom. The lowest BCUT2D eigenvalue weighted by Crippen LogP contribution is -2.06. The molecule has 0 N–H and O–H groups in total. The number of esters is 1. The predicted octanol–water partition coefficient (Wildman–Crippen LogP) is 2.27. The topological polar surface area (TPSA) is 39.2 Å². The molecule has 0 fully saturated rings. The molecular formula is C9H11NO2S. The van der Waals surface area contributed by atoms with E-state index in [0.717, 1.165) is 9.88 Å². The van der Waals surface area contributed by atoms with Crippen LogP contribution in [-0.4, -0.2) is 17.6 Å². The fraction of sp³-hybridized carbons (Fsp3) is 0.333. The summed E-state index contributed by atoms with van der Waals surface area (Å²) in [5.74, 6) is -0.357. The van der Waals surface area contributed by atoms with Crippen LogP contribution in [0.5, 0.6) is 0 Å². The van der Waals surface area contributed by atoms with Crippen molar-refractivity contribution in [1.29, 1.82) is 0 Å². The fourth-order valence-electron chi connectivity index (χ4n) is 0.893. The molecule has 1 aromatic heterocycles. The van der Waals surface area contributed by atoms with Crippen LogP contribution in [-0.2, 0) is 4.74 Å². The van der Waals surface area contributed by atoms with Crippen LogP contribution in [0.3, 0.4) is 0 Å². The van der Waals surface area contributed by atoms with Crippen LogP contribution in [0.4, 0.5) is 0 Å². The van der Waals surface area contributed by atoms with Crippen LogP contribution in [0.15, 0.2) is 6.58 Å². The van der Waals surface area contributed by atoms with Crippen LogP contribution >= 0.6 is 11.3 Å². The quantitative estimate of drug-likeness (QED) is 0.698. The van der Waals surface area contributed by atoms with Crippen molar-refractivity contribution in [3.05, 3.63) is 22.2 Å². The fourth-order valence-corrected chi connectivity index (χ4v) is 1.65. The number of carbonyl (C=O) groups is 1. The normalized spacial score (nSPS) is 9.69. The first-order valence-electron chi connectivity index (χ1n) is 3.96. The highest BCUT2D eigenvalue weighted by molar-refractivity contribution is 7.12. The maximum Gasteiger partial charge on any atom is 0.358 e. The molecule has 0 aromatic carbocycles. The highest BCUT2D eigenvalue weighted by Gasteiger charge is 2.14. The van der Waals surface area contributed by atoms with E-state index in [-0.39, 0.29) is 5.97 Å². The van der Waals surface area contributed by atoms with Gasteiger partial charge in [0.05, 0.1) is 6.61 Å². The molecular weight excluding hydrogens is 186 g/mol. The van der Waals surface area contributed by atoms with Crippen molar-refractivity contribution in [2.75, 3.05) is 6.61 Å². The summed E-state index contributed by atoms with van der Waals surface area (Å²) in [6, 6.07) is 0. The maximum atomic E-state index is 11.3. The van der Waals surface area contributed by atoms with E-state index in [9.17, 15) is 4.79 Å². The number of hydrogen-bond donors (Lipinski definition) is 0. The SMILES string of the molecule is C=Cc1nc(C(=O)OCC)c(C)s1. The first-order chi connectivity index (χ1) is 6.19. The lowest BCUT2D eigenvalue weighted by Gasteiger charge is -1.97. The molecule has 0 amide bonds. The summed E-state index contributed by atoms with van der Waals surface area (Å²) >= 11 is 1.44. The minimum absolute atomic E-state index is 0.357. The molecule has 0 aliphatic rings. The van der Waals surface area contributed by atoms with Crippen LogP contribution in [0, 0.1) is 6.92 Å². The third-order valence-electron chi connectivity index (χ3n) is 1.46. The number of aryl methyl sites for hydroxylation is 1. The van der Waals surface area contributed by atoms with E-state index in [2.05, 4.69) is 11.6 Å². The lowest BCUT2D eigenvalue weighted by molar-refractivity contribution is 0.0519. The molecule has 1 rings (SSSR count). The van der Waals surface area contributed by atoms with Crippen LogP contribution in [0.2, 0.25) is 0 Å². The van der Waals surface area contributed by atoms with Gasteiger partial charge in [-0.05, 0) is 19.9 Å². The highest BCUT2D eigenvalue weighted by Crippen LogP contribution is 2.18. The predicted molar refractivity (Wildman–Crippen MR) is 52.9 cm³/mol. The number of aromatic nitrogens is 1. The second-order valence-electron chi connectivity index (χ2n) is 2.38. The first-order valence-corrected chi connectivity index (χ1v) is 4.77. The monoisotopic (exact) mass is 197 g/mol. The Balaban J connectivity index is 2.93. The van der Waals surface area contributed by atoms with E-state index in [1.165, 1.54) is 11.3 Å². The number of rotatable bonds is 3. The Bertz CT molecular complexity index is 330. The smallest absolute Gasteiger partial charge is 0.358 e. The van der Waals surface area contributed by atoms with Gasteiger partial charge in [-0.1, -0.05) is 6.58 Å². The second kappa shape index (κ2) is 4.18. The van der Waals surface area contributed by atoms with E-state index in [0.29, 0.717) is 12.3 Å². The first kappa shape index (κ1) is 9.92. The third kappa shape index (κ3) is 2.15. The van der Waals surface area contributed by atoms with E-state index in [4.69, 9.17) is 4.74 Å².